The number of amides is 2. The Bertz CT molecular complexity index is 1250. The molecule has 3 atom stereocenters. The molecule has 1 N–H and O–H groups in total. The number of fused-ring (bicyclic) bond motifs is 1. The number of hydroxylamine groups is 1. The number of benzene rings is 3. The maximum Gasteiger partial charge on any atom is 0.266 e. The first-order chi connectivity index (χ1) is 16.4. The number of hydrogen-bond donors (Lipinski definition) is 1. The van der Waals surface area contributed by atoms with Crippen LogP contribution in [0.25, 0.3) is 0 Å². The summed E-state index contributed by atoms with van der Waals surface area (Å²) in [5, 5.41) is 11.9. The van der Waals surface area contributed by atoms with Gasteiger partial charge in [-0.3, -0.25) is 14.4 Å². The molecule has 2 aliphatic rings. The van der Waals surface area contributed by atoms with Crippen molar-refractivity contribution >= 4 is 39.1 Å². The molecule has 34 heavy (non-hydrogen) atoms. The van der Waals surface area contributed by atoms with E-state index in [0.717, 1.165) is 12.0 Å². The molecule has 3 aromatic rings. The van der Waals surface area contributed by atoms with Crippen LogP contribution in [0.1, 0.15) is 24.1 Å². The minimum atomic E-state index is -0.970. The number of rotatable bonds is 5. The van der Waals surface area contributed by atoms with Gasteiger partial charge in [-0.25, -0.2) is 9.96 Å². The van der Waals surface area contributed by atoms with Crippen molar-refractivity contribution < 1.29 is 24.3 Å². The first-order valence-corrected chi connectivity index (χ1v) is 11.8. The van der Waals surface area contributed by atoms with Gasteiger partial charge in [0, 0.05) is 0 Å². The van der Waals surface area contributed by atoms with E-state index in [-0.39, 0.29) is 17.4 Å². The number of anilines is 2. The van der Waals surface area contributed by atoms with Crippen LogP contribution >= 0.6 is 15.9 Å². The second-order valence-corrected chi connectivity index (χ2v) is 9.10. The summed E-state index contributed by atoms with van der Waals surface area (Å²) >= 11 is 3.37. The number of imide groups is 1. The van der Waals surface area contributed by atoms with Crippen molar-refractivity contribution in [3.63, 3.8) is 0 Å². The lowest BCUT2D eigenvalue weighted by molar-refractivity contribution is -0.126. The van der Waals surface area contributed by atoms with Crippen LogP contribution in [0.4, 0.5) is 11.4 Å². The van der Waals surface area contributed by atoms with Crippen LogP contribution < -0.4 is 14.7 Å². The molecule has 0 spiro atoms. The highest BCUT2D eigenvalue weighted by Crippen LogP contribution is 2.49. The van der Waals surface area contributed by atoms with Crippen molar-refractivity contribution in [3.05, 3.63) is 82.3 Å². The number of para-hydroxylation sites is 1. The summed E-state index contributed by atoms with van der Waals surface area (Å²) in [5.74, 6) is -1.29. The Morgan fingerprint density at radius 1 is 1.00 bits per heavy atom. The molecular weight excluding hydrogens is 500 g/mol. The first kappa shape index (κ1) is 22.4. The van der Waals surface area contributed by atoms with E-state index in [1.807, 2.05) is 49.4 Å². The zero-order valence-electron chi connectivity index (χ0n) is 18.6. The number of aromatic hydroxyl groups is 1. The molecule has 2 aliphatic heterocycles. The fraction of sp³-hybridized carbons (Fsp3) is 0.231. The summed E-state index contributed by atoms with van der Waals surface area (Å²) in [6, 6.07) is 19.5. The number of aryl methyl sites for hydroxylation is 1. The van der Waals surface area contributed by atoms with Gasteiger partial charge in [0.15, 0.2) is 17.6 Å². The number of phenolic OH excluding ortho intramolecular Hbond substituents is 1. The minimum Gasteiger partial charge on any atom is -0.503 e. The lowest BCUT2D eigenvalue weighted by Gasteiger charge is -2.29. The fourth-order valence-electron chi connectivity index (χ4n) is 4.61. The molecular formula is C26H23BrN2O5. The third-order valence-electron chi connectivity index (χ3n) is 6.34. The highest BCUT2D eigenvalue weighted by atomic mass is 79.9. The maximum absolute atomic E-state index is 13.7. The summed E-state index contributed by atoms with van der Waals surface area (Å²) in [4.78, 5) is 34.5. The average Bonchev–Trinajstić information content (AvgIpc) is 3.37. The van der Waals surface area contributed by atoms with Crippen molar-refractivity contribution in [2.24, 2.45) is 5.92 Å². The molecule has 0 aromatic heterocycles. The smallest absolute Gasteiger partial charge is 0.266 e. The Morgan fingerprint density at radius 2 is 1.71 bits per heavy atom. The normalized spacial score (nSPS) is 21.8. The highest BCUT2D eigenvalue weighted by Gasteiger charge is 2.60. The van der Waals surface area contributed by atoms with Crippen LogP contribution in [-0.4, -0.2) is 30.1 Å². The van der Waals surface area contributed by atoms with E-state index in [0.29, 0.717) is 21.4 Å². The summed E-state index contributed by atoms with van der Waals surface area (Å²) < 4.78 is 5.76. The van der Waals surface area contributed by atoms with Crippen molar-refractivity contribution in [3.8, 4) is 11.5 Å². The Kier molecular flexibility index (Phi) is 5.79. The molecule has 0 bridgehead atoms. The molecule has 2 heterocycles. The van der Waals surface area contributed by atoms with Gasteiger partial charge >= 0.3 is 0 Å². The summed E-state index contributed by atoms with van der Waals surface area (Å²) in [7, 11) is 1.46. The van der Waals surface area contributed by atoms with E-state index < -0.39 is 24.0 Å². The number of methoxy groups -OCH3 is 1. The largest absolute Gasteiger partial charge is 0.503 e. The zero-order valence-corrected chi connectivity index (χ0v) is 20.2. The van der Waals surface area contributed by atoms with Gasteiger partial charge in [0.25, 0.3) is 5.91 Å². The van der Waals surface area contributed by atoms with Crippen molar-refractivity contribution in [2.45, 2.75) is 25.5 Å². The third kappa shape index (κ3) is 3.54. The molecule has 5 rings (SSSR count). The van der Waals surface area contributed by atoms with Gasteiger partial charge < -0.3 is 9.84 Å². The molecule has 0 unspecified atom stereocenters. The zero-order chi connectivity index (χ0) is 24.0. The predicted molar refractivity (Wildman–Crippen MR) is 131 cm³/mol. The van der Waals surface area contributed by atoms with Crippen molar-refractivity contribution in [1.29, 1.82) is 0 Å². The van der Waals surface area contributed by atoms with Gasteiger partial charge in [-0.1, -0.05) is 37.3 Å². The lowest BCUT2D eigenvalue weighted by Crippen LogP contribution is -2.37. The molecule has 2 saturated heterocycles. The van der Waals surface area contributed by atoms with Gasteiger partial charge in [0.2, 0.25) is 5.91 Å². The molecule has 7 nitrogen and oxygen atoms in total. The van der Waals surface area contributed by atoms with E-state index in [9.17, 15) is 14.7 Å². The predicted octanol–water partition coefficient (Wildman–Crippen LogP) is 4.78. The maximum atomic E-state index is 13.7. The van der Waals surface area contributed by atoms with E-state index in [2.05, 4.69) is 15.9 Å². The van der Waals surface area contributed by atoms with E-state index in [1.54, 1.807) is 29.3 Å². The quantitative estimate of drug-likeness (QED) is 0.486. The number of halogens is 1. The third-order valence-corrected chi connectivity index (χ3v) is 6.95. The Labute approximate surface area is 205 Å². The Balaban J connectivity index is 1.60. The molecule has 2 amide bonds. The number of ether oxygens (including phenoxy) is 1. The van der Waals surface area contributed by atoms with Crippen LogP contribution in [0.2, 0.25) is 0 Å². The molecule has 8 heteroatoms. The number of carbonyl (C=O) groups is 2. The van der Waals surface area contributed by atoms with Gasteiger partial charge in [-0.05, 0) is 69.9 Å². The molecule has 0 saturated carbocycles. The average molecular weight is 523 g/mol. The van der Waals surface area contributed by atoms with Crippen molar-refractivity contribution in [1.82, 2.24) is 0 Å². The van der Waals surface area contributed by atoms with Gasteiger partial charge in [0.05, 0.1) is 29.0 Å². The molecule has 0 aliphatic carbocycles. The van der Waals surface area contributed by atoms with Crippen LogP contribution in [0.15, 0.2) is 71.2 Å². The lowest BCUT2D eigenvalue weighted by atomic mass is 9.90. The first-order valence-electron chi connectivity index (χ1n) is 11.0. The van der Waals surface area contributed by atoms with E-state index >= 15 is 0 Å². The minimum absolute atomic E-state index is 0.0422. The SMILES string of the molecule is CCc1ccc(N2C(=O)[C@H]3[C@@H](c4cc(Br)c(O)c(OC)c4)N(c4ccccc4)O[C@H]3C2=O)cc1. The second-order valence-electron chi connectivity index (χ2n) is 8.24. The molecule has 2 fully saturated rings. The molecule has 174 valence electrons. The standard InChI is InChI=1S/C26H23BrN2O5/c1-3-15-9-11-17(12-10-15)28-25(31)21-22(16-13-19(27)23(30)20(14-16)33-2)29(34-24(21)26(28)32)18-7-5-4-6-8-18/h4-14,21-22,24,30H,3H2,1-2H3/t21-,22+,24+/m0/s1. The van der Waals surface area contributed by atoms with Gasteiger partial charge in [0.1, 0.15) is 5.92 Å². The van der Waals surface area contributed by atoms with Crippen molar-refractivity contribution in [2.75, 3.05) is 17.1 Å². The summed E-state index contributed by atoms with van der Waals surface area (Å²) in [6.07, 6.45) is -0.107. The molecule has 3 aromatic carbocycles. The Hall–Kier alpha value is -3.36. The number of phenols is 1. The Morgan fingerprint density at radius 3 is 2.35 bits per heavy atom. The number of hydrogen-bond acceptors (Lipinski definition) is 6. The second kappa shape index (κ2) is 8.77. The summed E-state index contributed by atoms with van der Waals surface area (Å²) in [5.41, 5.74) is 3.03. The van der Waals surface area contributed by atoms with E-state index in [1.165, 1.54) is 12.0 Å². The monoisotopic (exact) mass is 522 g/mol. The van der Waals surface area contributed by atoms with Gasteiger partial charge in [-0.15, -0.1) is 0 Å². The van der Waals surface area contributed by atoms with Crippen LogP contribution in [0.3, 0.4) is 0 Å². The highest BCUT2D eigenvalue weighted by molar-refractivity contribution is 9.10. The van der Waals surface area contributed by atoms with Gasteiger partial charge in [-0.2, -0.15) is 0 Å². The topological polar surface area (TPSA) is 79.3 Å². The van der Waals surface area contributed by atoms with Crippen LogP contribution in [0.5, 0.6) is 11.5 Å². The fourth-order valence-corrected chi connectivity index (χ4v) is 5.07. The van der Waals surface area contributed by atoms with E-state index in [4.69, 9.17) is 9.57 Å². The summed E-state index contributed by atoms with van der Waals surface area (Å²) in [6.45, 7) is 2.05. The van der Waals surface area contributed by atoms with Crippen LogP contribution in [0, 0.1) is 5.92 Å². The van der Waals surface area contributed by atoms with Crippen LogP contribution in [-0.2, 0) is 20.8 Å². The molecule has 0 radical (unpaired) electrons. The number of nitrogens with zero attached hydrogens (tertiary/aromatic N) is 2. The number of carbonyl (C=O) groups excluding carboxylic acids is 2.